The van der Waals surface area contributed by atoms with Gasteiger partial charge in [0.15, 0.2) is 12.1 Å². The summed E-state index contributed by atoms with van der Waals surface area (Å²) >= 11 is 0. The number of fused-ring (bicyclic) bond motifs is 1. The molecule has 0 bridgehead atoms. The number of hydroxylamine groups is 1. The number of aromatic nitrogens is 1. The first kappa shape index (κ1) is 16.8. The molecule has 134 valence electrons. The maximum Gasteiger partial charge on any atom is 0.275 e. The van der Waals surface area contributed by atoms with E-state index < -0.39 is 6.29 Å². The number of ether oxygens (including phenoxy) is 1. The first-order valence-corrected chi connectivity index (χ1v) is 8.75. The van der Waals surface area contributed by atoms with E-state index in [9.17, 15) is 4.79 Å². The molecule has 1 atom stereocenters. The molecule has 26 heavy (non-hydrogen) atoms. The Morgan fingerprint density at radius 3 is 2.88 bits per heavy atom. The molecule has 0 aliphatic carbocycles. The summed E-state index contributed by atoms with van der Waals surface area (Å²) in [4.78, 5) is 22.8. The molecular weight excluding hydrogens is 332 g/mol. The average Bonchev–Trinajstić information content (AvgIpc) is 3.12. The van der Waals surface area contributed by atoms with Gasteiger partial charge in [0, 0.05) is 18.4 Å². The molecule has 4 rings (SSSR count). The third kappa shape index (κ3) is 3.47. The topological polar surface area (TPSA) is 73.6 Å². The lowest BCUT2D eigenvalue weighted by Crippen LogP contribution is -2.33. The van der Waals surface area contributed by atoms with Crippen molar-refractivity contribution < 1.29 is 18.8 Å². The van der Waals surface area contributed by atoms with Gasteiger partial charge < -0.3 is 9.15 Å². The molecule has 3 aromatic rings. The van der Waals surface area contributed by atoms with Crippen LogP contribution in [0.1, 0.15) is 35.4 Å². The van der Waals surface area contributed by atoms with E-state index in [4.69, 9.17) is 14.0 Å². The van der Waals surface area contributed by atoms with E-state index in [1.165, 1.54) is 0 Å². The summed E-state index contributed by atoms with van der Waals surface area (Å²) in [7, 11) is 0. The average molecular weight is 352 g/mol. The highest BCUT2D eigenvalue weighted by atomic mass is 16.8. The van der Waals surface area contributed by atoms with E-state index >= 15 is 0 Å². The normalized spacial score (nSPS) is 17.3. The molecule has 3 heterocycles. The van der Waals surface area contributed by atoms with Gasteiger partial charge in [0.1, 0.15) is 11.5 Å². The summed E-state index contributed by atoms with van der Waals surface area (Å²) in [6, 6.07) is 12.9. The van der Waals surface area contributed by atoms with E-state index in [0.29, 0.717) is 23.6 Å². The minimum absolute atomic E-state index is 0.331. The molecule has 1 aromatic carbocycles. The second-order valence-corrected chi connectivity index (χ2v) is 6.33. The highest BCUT2D eigenvalue weighted by Gasteiger charge is 2.19. The largest absolute Gasteiger partial charge is 0.460 e. The number of aryl methyl sites for hydroxylation is 1. The van der Waals surface area contributed by atoms with E-state index in [1.54, 1.807) is 6.07 Å². The molecule has 1 N–H and O–H groups in total. The zero-order chi connectivity index (χ0) is 17.9. The third-order valence-corrected chi connectivity index (χ3v) is 4.37. The Hall–Kier alpha value is -2.70. The zero-order valence-corrected chi connectivity index (χ0v) is 14.5. The Balaban J connectivity index is 1.64. The maximum absolute atomic E-state index is 12.7. The van der Waals surface area contributed by atoms with Crippen LogP contribution in [0.5, 0.6) is 0 Å². The van der Waals surface area contributed by atoms with Gasteiger partial charge in [0.05, 0.1) is 11.1 Å². The Labute approximate surface area is 151 Å². The summed E-state index contributed by atoms with van der Waals surface area (Å²) in [6.45, 7) is 2.52. The molecule has 0 radical (unpaired) electrons. The van der Waals surface area contributed by atoms with Crippen molar-refractivity contribution in [3.63, 3.8) is 0 Å². The second-order valence-electron chi connectivity index (χ2n) is 6.33. The van der Waals surface area contributed by atoms with Gasteiger partial charge in [0.25, 0.3) is 5.91 Å². The van der Waals surface area contributed by atoms with Gasteiger partial charge >= 0.3 is 0 Å². The molecule has 0 saturated carbocycles. The van der Waals surface area contributed by atoms with Crippen molar-refractivity contribution in [1.82, 2.24) is 10.5 Å². The minimum atomic E-state index is -0.395. The number of nitrogens with zero attached hydrogens (tertiary/aromatic N) is 1. The molecule has 2 aromatic heterocycles. The van der Waals surface area contributed by atoms with E-state index in [0.717, 1.165) is 35.9 Å². The Morgan fingerprint density at radius 1 is 1.23 bits per heavy atom. The van der Waals surface area contributed by atoms with Gasteiger partial charge in [-0.2, -0.15) is 0 Å². The number of carbonyl (C=O) groups excluding carboxylic acids is 1. The van der Waals surface area contributed by atoms with Crippen LogP contribution < -0.4 is 5.48 Å². The van der Waals surface area contributed by atoms with Crippen molar-refractivity contribution in [3.05, 3.63) is 53.8 Å². The van der Waals surface area contributed by atoms with Crippen molar-refractivity contribution >= 4 is 16.8 Å². The lowest BCUT2D eigenvalue weighted by atomic mass is 10.1. The van der Waals surface area contributed by atoms with E-state index in [1.807, 2.05) is 43.3 Å². The fourth-order valence-corrected chi connectivity index (χ4v) is 3.04. The lowest BCUT2D eigenvalue weighted by Gasteiger charge is -2.22. The predicted molar refractivity (Wildman–Crippen MR) is 96.3 cm³/mol. The van der Waals surface area contributed by atoms with Crippen molar-refractivity contribution in [2.75, 3.05) is 6.61 Å². The SMILES string of the molecule is Cc1ccc(-c2cc(C(=O)NOC3CCCCO3)c3ccccc3n2)o1. The Kier molecular flexibility index (Phi) is 4.69. The molecule has 6 nitrogen and oxygen atoms in total. The van der Waals surface area contributed by atoms with Gasteiger partial charge in [-0.25, -0.2) is 15.3 Å². The second kappa shape index (κ2) is 7.27. The number of amides is 1. The fraction of sp³-hybridized carbons (Fsp3) is 0.300. The predicted octanol–water partition coefficient (Wildman–Crippen LogP) is 3.99. The molecule has 1 unspecified atom stereocenters. The Morgan fingerprint density at radius 2 is 2.12 bits per heavy atom. The van der Waals surface area contributed by atoms with Crippen molar-refractivity contribution in [1.29, 1.82) is 0 Å². The van der Waals surface area contributed by atoms with Crippen LogP contribution in [0.15, 0.2) is 46.9 Å². The van der Waals surface area contributed by atoms with Crippen LogP contribution >= 0.6 is 0 Å². The lowest BCUT2D eigenvalue weighted by molar-refractivity contribution is -0.186. The number of nitrogens with one attached hydrogen (secondary N) is 1. The van der Waals surface area contributed by atoms with Crippen LogP contribution in [0, 0.1) is 6.92 Å². The summed E-state index contributed by atoms with van der Waals surface area (Å²) in [6.07, 6.45) is 2.43. The molecule has 6 heteroatoms. The number of hydrogen-bond acceptors (Lipinski definition) is 5. The number of benzene rings is 1. The maximum atomic E-state index is 12.7. The molecule has 1 aliphatic rings. The summed E-state index contributed by atoms with van der Waals surface area (Å²) in [5.74, 6) is 1.08. The minimum Gasteiger partial charge on any atom is -0.460 e. The van der Waals surface area contributed by atoms with Gasteiger partial charge in [-0.05, 0) is 44.0 Å². The number of furan rings is 1. The summed E-state index contributed by atoms with van der Waals surface area (Å²) in [5, 5.41) is 0.755. The number of para-hydroxylation sites is 1. The molecule has 1 fully saturated rings. The highest BCUT2D eigenvalue weighted by Crippen LogP contribution is 2.26. The number of carbonyl (C=O) groups is 1. The molecule has 1 amide bonds. The van der Waals surface area contributed by atoms with E-state index in [-0.39, 0.29) is 5.91 Å². The summed E-state index contributed by atoms with van der Waals surface area (Å²) in [5.41, 5.74) is 4.33. The monoisotopic (exact) mass is 352 g/mol. The van der Waals surface area contributed by atoms with Crippen LogP contribution in [0.25, 0.3) is 22.4 Å². The fourth-order valence-electron chi connectivity index (χ4n) is 3.04. The standard InChI is InChI=1S/C20H20N2O4/c1-13-9-10-18(25-13)17-12-15(14-6-2-3-7-16(14)21-17)20(23)22-26-19-8-4-5-11-24-19/h2-3,6-7,9-10,12,19H,4-5,8,11H2,1H3,(H,22,23). The van der Waals surface area contributed by atoms with Crippen LogP contribution in [0.3, 0.4) is 0 Å². The van der Waals surface area contributed by atoms with Gasteiger partial charge in [-0.3, -0.25) is 4.79 Å². The first-order chi connectivity index (χ1) is 12.7. The zero-order valence-electron chi connectivity index (χ0n) is 14.5. The van der Waals surface area contributed by atoms with Gasteiger partial charge in [-0.1, -0.05) is 18.2 Å². The highest BCUT2D eigenvalue weighted by molar-refractivity contribution is 6.06. The van der Waals surface area contributed by atoms with Crippen molar-refractivity contribution in [2.24, 2.45) is 0 Å². The Bertz CT molecular complexity index is 928. The molecular formula is C20H20N2O4. The van der Waals surface area contributed by atoms with Crippen LogP contribution in [-0.4, -0.2) is 23.8 Å². The summed E-state index contributed by atoms with van der Waals surface area (Å²) < 4.78 is 11.1. The van der Waals surface area contributed by atoms with Crippen LogP contribution in [0.4, 0.5) is 0 Å². The van der Waals surface area contributed by atoms with E-state index in [2.05, 4.69) is 10.5 Å². The molecule has 0 spiro atoms. The smallest absolute Gasteiger partial charge is 0.275 e. The van der Waals surface area contributed by atoms with Crippen LogP contribution in [0.2, 0.25) is 0 Å². The van der Waals surface area contributed by atoms with Crippen molar-refractivity contribution in [3.8, 4) is 11.5 Å². The quantitative estimate of drug-likeness (QED) is 0.719. The van der Waals surface area contributed by atoms with Crippen LogP contribution in [-0.2, 0) is 9.57 Å². The molecule has 1 aliphatic heterocycles. The number of hydrogen-bond donors (Lipinski definition) is 1. The van der Waals surface area contributed by atoms with Gasteiger partial charge in [-0.15, -0.1) is 0 Å². The molecule has 1 saturated heterocycles. The third-order valence-electron chi connectivity index (χ3n) is 4.37. The number of rotatable bonds is 4. The van der Waals surface area contributed by atoms with Gasteiger partial charge in [0.2, 0.25) is 0 Å². The first-order valence-electron chi connectivity index (χ1n) is 8.75. The number of pyridine rings is 1. The van der Waals surface area contributed by atoms with Crippen molar-refractivity contribution in [2.45, 2.75) is 32.5 Å².